The van der Waals surface area contributed by atoms with Crippen molar-refractivity contribution in [3.05, 3.63) is 144 Å². The van der Waals surface area contributed by atoms with Gasteiger partial charge in [0.1, 0.15) is 28.1 Å². The highest BCUT2D eigenvalue weighted by Gasteiger charge is 2.10. The van der Waals surface area contributed by atoms with Crippen molar-refractivity contribution < 1.29 is 4.39 Å². The largest absolute Gasteiger partial charge is 0.330 e. The first-order chi connectivity index (χ1) is 24.6. The zero-order valence-electron chi connectivity index (χ0n) is 25.9. The van der Waals surface area contributed by atoms with Crippen LogP contribution < -0.4 is 10.6 Å². The van der Waals surface area contributed by atoms with Crippen molar-refractivity contribution >= 4 is 67.2 Å². The summed E-state index contributed by atoms with van der Waals surface area (Å²) in [5, 5.41) is 24.3. The van der Waals surface area contributed by atoms with Gasteiger partial charge in [-0.15, -0.1) is 20.4 Å². The summed E-state index contributed by atoms with van der Waals surface area (Å²) in [5.74, 6) is -0.241. The van der Waals surface area contributed by atoms with Crippen molar-refractivity contribution in [3.63, 3.8) is 0 Å². The monoisotopic (exact) mass is 714 g/mol. The van der Waals surface area contributed by atoms with Crippen molar-refractivity contribution in [1.29, 1.82) is 0 Å². The minimum absolute atomic E-state index is 0.241. The molecule has 0 atom stereocenters. The average molecular weight is 715 g/mol. The smallest absolute Gasteiger partial charge is 0.209 e. The first-order valence-corrected chi connectivity index (χ1v) is 17.3. The second kappa shape index (κ2) is 13.8. The van der Waals surface area contributed by atoms with Gasteiger partial charge in [0, 0.05) is 46.0 Å². The topological polar surface area (TPSA) is 110 Å². The zero-order chi connectivity index (χ0) is 33.9. The fourth-order valence-electron chi connectivity index (χ4n) is 5.40. The fourth-order valence-corrected chi connectivity index (χ4v) is 6.48. The third-order valence-electron chi connectivity index (χ3n) is 7.71. The molecule has 10 nitrogen and oxygen atoms in total. The van der Waals surface area contributed by atoms with Gasteiger partial charge in [-0.25, -0.2) is 14.4 Å². The number of imidazole rings is 2. The van der Waals surface area contributed by atoms with E-state index in [1.54, 1.807) is 23.2 Å². The molecule has 0 unspecified atom stereocenters. The highest BCUT2D eigenvalue weighted by atomic mass is 35.5. The van der Waals surface area contributed by atoms with E-state index < -0.39 is 0 Å². The standard InChI is InChI=1S/C21H14FN5S.C15H10ClN5S/c22-17-6-4-14(5-7-17)15-8-9-27-19(12-23-20(27)11-15)16-2-1-3-18(10-16)25-21-26-24-13-28-21;16-11-4-5-21-13(8-17-14(21)7-11)10-2-1-3-12(6-10)19-15-20-18-9-22-15/h1-13H,(H,25,26);1-9H,(H,19,20). The predicted octanol–water partition coefficient (Wildman–Crippen LogP) is 9.65. The molecule has 0 radical (unpaired) electrons. The Hall–Kier alpha value is -6.02. The molecule has 14 heteroatoms. The van der Waals surface area contributed by atoms with E-state index in [1.807, 2.05) is 94.3 Å². The summed E-state index contributed by atoms with van der Waals surface area (Å²) in [4.78, 5) is 8.95. The van der Waals surface area contributed by atoms with Gasteiger partial charge < -0.3 is 10.6 Å². The van der Waals surface area contributed by atoms with E-state index in [9.17, 15) is 4.39 Å². The Morgan fingerprint density at radius 2 is 1.14 bits per heavy atom. The lowest BCUT2D eigenvalue weighted by Crippen LogP contribution is -1.92. The SMILES string of the molecule is Clc1ccn2c(-c3cccc(Nc4nncs4)c3)cnc2c1.Fc1ccc(-c2ccn3c(-c4cccc(Nc5nncs5)c4)cnc3c2)cc1. The molecule has 0 amide bonds. The van der Waals surface area contributed by atoms with Crippen LogP contribution in [0, 0.1) is 5.82 Å². The van der Waals surface area contributed by atoms with Crippen molar-refractivity contribution in [2.75, 3.05) is 10.6 Å². The molecule has 0 bridgehead atoms. The summed E-state index contributed by atoms with van der Waals surface area (Å²) in [6, 6.07) is 30.3. The molecule has 9 rings (SSSR count). The summed E-state index contributed by atoms with van der Waals surface area (Å²) in [6.07, 6.45) is 7.61. The van der Waals surface area contributed by atoms with Crippen molar-refractivity contribution in [2.24, 2.45) is 0 Å². The maximum absolute atomic E-state index is 13.2. The summed E-state index contributed by atoms with van der Waals surface area (Å²) in [5.41, 5.74) is 13.0. The number of hydrogen-bond acceptors (Lipinski definition) is 10. The molecule has 0 aliphatic heterocycles. The minimum Gasteiger partial charge on any atom is -0.330 e. The van der Waals surface area contributed by atoms with Crippen LogP contribution in [0.2, 0.25) is 5.02 Å². The van der Waals surface area contributed by atoms with Gasteiger partial charge in [0.15, 0.2) is 0 Å². The Bertz CT molecular complexity index is 2530. The van der Waals surface area contributed by atoms with E-state index in [-0.39, 0.29) is 5.82 Å². The second-order valence-corrected chi connectivity index (χ2v) is 13.0. The maximum Gasteiger partial charge on any atom is 0.209 e. The van der Waals surface area contributed by atoms with E-state index in [0.29, 0.717) is 5.02 Å². The Kier molecular flexibility index (Phi) is 8.65. The summed E-state index contributed by atoms with van der Waals surface area (Å²) < 4.78 is 17.2. The van der Waals surface area contributed by atoms with Gasteiger partial charge >= 0.3 is 0 Å². The number of nitrogens with zero attached hydrogens (tertiary/aromatic N) is 8. The Balaban J connectivity index is 0.000000149. The highest BCUT2D eigenvalue weighted by molar-refractivity contribution is 7.13. The first kappa shape index (κ1) is 31.3. The van der Waals surface area contributed by atoms with Gasteiger partial charge in [-0.2, -0.15) is 0 Å². The van der Waals surface area contributed by atoms with Crippen LogP contribution in [0.4, 0.5) is 26.0 Å². The predicted molar refractivity (Wildman–Crippen MR) is 198 cm³/mol. The number of benzene rings is 3. The summed E-state index contributed by atoms with van der Waals surface area (Å²) in [6.45, 7) is 0. The number of hydrogen-bond donors (Lipinski definition) is 2. The molecule has 9 aromatic rings. The molecule has 0 saturated heterocycles. The lowest BCUT2D eigenvalue weighted by Gasteiger charge is -2.07. The first-order valence-electron chi connectivity index (χ1n) is 15.2. The van der Waals surface area contributed by atoms with Gasteiger partial charge in [-0.1, -0.05) is 70.7 Å². The van der Waals surface area contributed by atoms with Crippen LogP contribution in [0.25, 0.3) is 44.9 Å². The molecule has 0 saturated carbocycles. The van der Waals surface area contributed by atoms with Crippen molar-refractivity contribution in [1.82, 2.24) is 39.2 Å². The van der Waals surface area contributed by atoms with Crippen LogP contribution in [0.5, 0.6) is 0 Å². The Morgan fingerprint density at radius 3 is 1.70 bits per heavy atom. The molecule has 50 heavy (non-hydrogen) atoms. The minimum atomic E-state index is -0.241. The summed E-state index contributed by atoms with van der Waals surface area (Å²) in [7, 11) is 0. The molecule has 0 aliphatic rings. The number of anilines is 4. The van der Waals surface area contributed by atoms with Gasteiger partial charge in [0.25, 0.3) is 0 Å². The Labute approximate surface area is 297 Å². The fraction of sp³-hybridized carbons (Fsp3) is 0. The highest BCUT2D eigenvalue weighted by Crippen LogP contribution is 2.29. The third kappa shape index (κ3) is 6.78. The normalized spacial score (nSPS) is 11.0. The number of rotatable bonds is 7. The second-order valence-electron chi connectivity index (χ2n) is 10.9. The maximum atomic E-state index is 13.2. The summed E-state index contributed by atoms with van der Waals surface area (Å²) >= 11 is 8.91. The van der Waals surface area contributed by atoms with Crippen LogP contribution >= 0.6 is 34.3 Å². The van der Waals surface area contributed by atoms with Gasteiger partial charge in [-0.05, 0) is 65.7 Å². The molecule has 244 valence electrons. The number of halogens is 2. The van der Waals surface area contributed by atoms with Crippen LogP contribution in [0.3, 0.4) is 0 Å². The molecule has 0 fully saturated rings. The zero-order valence-corrected chi connectivity index (χ0v) is 28.2. The molecule has 6 heterocycles. The van der Waals surface area contributed by atoms with E-state index >= 15 is 0 Å². The van der Waals surface area contributed by atoms with Gasteiger partial charge in [0.05, 0.1) is 23.8 Å². The van der Waals surface area contributed by atoms with Crippen LogP contribution in [-0.2, 0) is 0 Å². The van der Waals surface area contributed by atoms with Crippen LogP contribution in [0.1, 0.15) is 0 Å². The van der Waals surface area contributed by atoms with E-state index in [2.05, 4.69) is 53.1 Å². The van der Waals surface area contributed by atoms with Crippen LogP contribution in [0.15, 0.2) is 133 Å². The number of pyridine rings is 2. The third-order valence-corrected chi connectivity index (χ3v) is 9.15. The molecule has 6 aromatic heterocycles. The molecule has 2 N–H and O–H groups in total. The van der Waals surface area contributed by atoms with Crippen molar-refractivity contribution in [2.45, 2.75) is 0 Å². The molecular formula is C36H24ClFN10S2. The molecule has 3 aromatic carbocycles. The Morgan fingerprint density at radius 1 is 0.580 bits per heavy atom. The quantitative estimate of drug-likeness (QED) is 0.168. The van der Waals surface area contributed by atoms with E-state index in [0.717, 1.165) is 66.6 Å². The number of fused-ring (bicyclic) bond motifs is 2. The van der Waals surface area contributed by atoms with Crippen molar-refractivity contribution in [3.8, 4) is 33.6 Å². The number of aromatic nitrogens is 8. The van der Waals surface area contributed by atoms with E-state index in [4.69, 9.17) is 11.6 Å². The number of nitrogens with one attached hydrogen (secondary N) is 2. The average Bonchev–Trinajstić information content (AvgIpc) is 3.97. The lowest BCUT2D eigenvalue weighted by molar-refractivity contribution is 0.628. The van der Waals surface area contributed by atoms with Crippen LogP contribution in [-0.4, -0.2) is 39.2 Å². The molecule has 0 aliphatic carbocycles. The van der Waals surface area contributed by atoms with Gasteiger partial charge in [0.2, 0.25) is 10.3 Å². The molecule has 0 spiro atoms. The van der Waals surface area contributed by atoms with E-state index in [1.165, 1.54) is 34.8 Å². The lowest BCUT2D eigenvalue weighted by atomic mass is 10.1. The molecular weight excluding hydrogens is 691 g/mol. The van der Waals surface area contributed by atoms with Gasteiger partial charge in [-0.3, -0.25) is 8.80 Å².